The molecule has 32 heavy (non-hydrogen) atoms. The predicted molar refractivity (Wildman–Crippen MR) is 127 cm³/mol. The maximum Gasteiger partial charge on any atom is 0.235 e. The Kier molecular flexibility index (Phi) is 5.55. The van der Waals surface area contributed by atoms with Crippen molar-refractivity contribution in [2.24, 2.45) is 0 Å². The molecule has 0 saturated heterocycles. The van der Waals surface area contributed by atoms with Gasteiger partial charge in [-0.2, -0.15) is 5.10 Å². The first-order chi connectivity index (χ1) is 15.6. The van der Waals surface area contributed by atoms with E-state index in [0.29, 0.717) is 22.5 Å². The zero-order chi connectivity index (χ0) is 22.1. The molecule has 0 unspecified atom stereocenters. The lowest BCUT2D eigenvalue weighted by Crippen LogP contribution is -2.18. The van der Waals surface area contributed by atoms with Crippen molar-refractivity contribution in [3.8, 4) is 0 Å². The lowest BCUT2D eigenvalue weighted by atomic mass is 10.1. The molecule has 1 amide bonds. The van der Waals surface area contributed by atoms with E-state index in [4.69, 9.17) is 11.6 Å². The fourth-order valence-electron chi connectivity index (χ4n) is 3.63. The molecule has 0 spiro atoms. The molecular formula is C23H19ClN6OS. The first kappa shape index (κ1) is 20.5. The van der Waals surface area contributed by atoms with Crippen LogP contribution in [0.4, 0.5) is 5.82 Å². The number of aromatic nitrogens is 5. The van der Waals surface area contributed by atoms with Crippen LogP contribution in [0.25, 0.3) is 16.6 Å². The van der Waals surface area contributed by atoms with Crippen molar-refractivity contribution < 1.29 is 4.79 Å². The lowest BCUT2D eigenvalue weighted by molar-refractivity contribution is -0.113. The number of halogens is 1. The summed E-state index contributed by atoms with van der Waals surface area (Å²) in [5, 5.41) is 18.3. The molecule has 2 aromatic carbocycles. The highest BCUT2D eigenvalue weighted by molar-refractivity contribution is 7.99. The molecule has 160 valence electrons. The minimum atomic E-state index is -0.149. The van der Waals surface area contributed by atoms with Gasteiger partial charge in [0.25, 0.3) is 0 Å². The zero-order valence-corrected chi connectivity index (χ0v) is 18.8. The Morgan fingerprint density at radius 1 is 1.09 bits per heavy atom. The van der Waals surface area contributed by atoms with E-state index in [1.807, 2.05) is 52.9 Å². The minimum Gasteiger partial charge on any atom is -0.310 e. The minimum absolute atomic E-state index is 0.149. The number of nitrogens with zero attached hydrogens (tertiary/aromatic N) is 5. The van der Waals surface area contributed by atoms with Gasteiger partial charge < -0.3 is 5.32 Å². The number of nitrogens with one attached hydrogen (secondary N) is 1. The third-order valence-corrected chi connectivity index (χ3v) is 6.47. The van der Waals surface area contributed by atoms with Gasteiger partial charge in [0.1, 0.15) is 5.82 Å². The van der Waals surface area contributed by atoms with Gasteiger partial charge in [0.05, 0.1) is 24.0 Å². The van der Waals surface area contributed by atoms with Crippen molar-refractivity contribution in [1.82, 2.24) is 24.4 Å². The second kappa shape index (κ2) is 8.64. The van der Waals surface area contributed by atoms with Gasteiger partial charge in [-0.25, -0.2) is 4.68 Å². The molecule has 5 rings (SSSR count). The largest absolute Gasteiger partial charge is 0.310 e. The summed E-state index contributed by atoms with van der Waals surface area (Å²) in [6, 6.07) is 19.5. The van der Waals surface area contributed by atoms with Crippen LogP contribution in [0.5, 0.6) is 0 Å². The van der Waals surface area contributed by atoms with Crippen LogP contribution in [-0.4, -0.2) is 36.0 Å². The van der Waals surface area contributed by atoms with Crippen LogP contribution < -0.4 is 5.32 Å². The van der Waals surface area contributed by atoms with E-state index in [-0.39, 0.29) is 11.7 Å². The highest BCUT2D eigenvalue weighted by Crippen LogP contribution is 2.26. The van der Waals surface area contributed by atoms with Crippen LogP contribution in [0.15, 0.2) is 72.0 Å². The van der Waals surface area contributed by atoms with E-state index in [9.17, 15) is 4.79 Å². The summed E-state index contributed by atoms with van der Waals surface area (Å²) in [6.45, 7) is 2.53. The van der Waals surface area contributed by atoms with Crippen LogP contribution in [0.1, 0.15) is 11.1 Å². The average Bonchev–Trinajstić information content (AvgIpc) is 3.41. The van der Waals surface area contributed by atoms with Crippen LogP contribution in [-0.2, 0) is 11.3 Å². The number of amides is 1. The molecule has 0 radical (unpaired) electrons. The Labute approximate surface area is 193 Å². The third-order valence-electron chi connectivity index (χ3n) is 5.17. The Bertz CT molecular complexity index is 1440. The number of rotatable bonds is 6. The summed E-state index contributed by atoms with van der Waals surface area (Å²) in [5.74, 6) is 0.659. The summed E-state index contributed by atoms with van der Waals surface area (Å²) in [6.07, 6.45) is 1.65. The standard InChI is InChI=1S/C23H19ClN6OS/c1-15-12-21-27-28-23(30(21)19-9-5-3-7-17(15)19)32-14-22(31)26-20-10-11-25-29(20)13-16-6-2-4-8-18(16)24/h2-12H,13-14H2,1H3,(H,26,31). The summed E-state index contributed by atoms with van der Waals surface area (Å²) in [4.78, 5) is 12.7. The number of thioether (sulfide) groups is 1. The molecule has 0 fully saturated rings. The van der Waals surface area contributed by atoms with E-state index in [1.54, 1.807) is 16.9 Å². The van der Waals surface area contributed by atoms with Crippen molar-refractivity contribution in [2.45, 2.75) is 18.6 Å². The summed E-state index contributed by atoms with van der Waals surface area (Å²) >= 11 is 7.60. The van der Waals surface area contributed by atoms with Gasteiger partial charge in [-0.3, -0.25) is 9.20 Å². The van der Waals surface area contributed by atoms with Gasteiger partial charge in [-0.15, -0.1) is 10.2 Å². The number of para-hydroxylation sites is 1. The SMILES string of the molecule is Cc1cc2nnc(SCC(=O)Nc3ccnn3Cc3ccccc3Cl)n2c2ccccc12. The van der Waals surface area contributed by atoms with Crippen molar-refractivity contribution in [2.75, 3.05) is 11.1 Å². The monoisotopic (exact) mass is 462 g/mol. The van der Waals surface area contributed by atoms with E-state index >= 15 is 0 Å². The zero-order valence-electron chi connectivity index (χ0n) is 17.2. The molecule has 9 heteroatoms. The van der Waals surface area contributed by atoms with E-state index in [1.165, 1.54) is 11.8 Å². The lowest BCUT2D eigenvalue weighted by Gasteiger charge is -2.10. The Balaban J connectivity index is 1.32. The van der Waals surface area contributed by atoms with Gasteiger partial charge in [0.2, 0.25) is 5.91 Å². The van der Waals surface area contributed by atoms with Gasteiger partial charge in [-0.05, 0) is 36.2 Å². The maximum atomic E-state index is 12.7. The molecule has 0 aliphatic carbocycles. The number of anilines is 1. The van der Waals surface area contributed by atoms with Gasteiger partial charge in [-0.1, -0.05) is 59.8 Å². The normalized spacial score (nSPS) is 11.3. The number of carbonyl (C=O) groups excluding carboxylic acids is 1. The van der Waals surface area contributed by atoms with Crippen LogP contribution in [0, 0.1) is 6.92 Å². The van der Waals surface area contributed by atoms with E-state index in [0.717, 1.165) is 27.7 Å². The van der Waals surface area contributed by atoms with Crippen LogP contribution >= 0.6 is 23.4 Å². The number of carbonyl (C=O) groups is 1. The van der Waals surface area contributed by atoms with Crippen molar-refractivity contribution in [3.05, 3.63) is 83.0 Å². The maximum absolute atomic E-state index is 12.7. The molecule has 1 N–H and O–H groups in total. The van der Waals surface area contributed by atoms with Crippen molar-refractivity contribution >= 4 is 51.6 Å². The molecule has 0 aliphatic rings. The molecule has 0 saturated carbocycles. The molecule has 3 aromatic heterocycles. The smallest absolute Gasteiger partial charge is 0.235 e. The highest BCUT2D eigenvalue weighted by Gasteiger charge is 2.14. The van der Waals surface area contributed by atoms with Crippen molar-refractivity contribution in [1.29, 1.82) is 0 Å². The number of hydrogen-bond donors (Lipinski definition) is 1. The quantitative estimate of drug-likeness (QED) is 0.366. The number of aryl methyl sites for hydroxylation is 1. The van der Waals surface area contributed by atoms with Crippen LogP contribution in [0.3, 0.4) is 0 Å². The van der Waals surface area contributed by atoms with Crippen molar-refractivity contribution in [3.63, 3.8) is 0 Å². The third kappa shape index (κ3) is 3.94. The van der Waals surface area contributed by atoms with Gasteiger partial charge in [0, 0.05) is 16.5 Å². The number of benzene rings is 2. The Morgan fingerprint density at radius 3 is 2.78 bits per heavy atom. The first-order valence-electron chi connectivity index (χ1n) is 10.0. The highest BCUT2D eigenvalue weighted by atomic mass is 35.5. The fraction of sp³-hybridized carbons (Fsp3) is 0.130. The summed E-state index contributed by atoms with van der Waals surface area (Å²) in [7, 11) is 0. The average molecular weight is 463 g/mol. The molecule has 0 aliphatic heterocycles. The van der Waals surface area contributed by atoms with E-state index in [2.05, 4.69) is 33.6 Å². The molecule has 3 heterocycles. The molecule has 7 nitrogen and oxygen atoms in total. The van der Waals surface area contributed by atoms with E-state index < -0.39 is 0 Å². The van der Waals surface area contributed by atoms with Gasteiger partial charge >= 0.3 is 0 Å². The Hall–Kier alpha value is -3.36. The fourth-order valence-corrected chi connectivity index (χ4v) is 4.58. The second-order valence-corrected chi connectivity index (χ2v) is 8.67. The summed E-state index contributed by atoms with van der Waals surface area (Å²) < 4.78 is 3.70. The summed E-state index contributed by atoms with van der Waals surface area (Å²) in [5.41, 5.74) is 3.86. The molecule has 0 atom stereocenters. The van der Waals surface area contributed by atoms with Gasteiger partial charge in [0.15, 0.2) is 10.8 Å². The Morgan fingerprint density at radius 2 is 1.91 bits per heavy atom. The number of pyridine rings is 1. The number of fused-ring (bicyclic) bond motifs is 3. The first-order valence-corrected chi connectivity index (χ1v) is 11.4. The molecule has 0 bridgehead atoms. The topological polar surface area (TPSA) is 77.1 Å². The number of hydrogen-bond acceptors (Lipinski definition) is 5. The van der Waals surface area contributed by atoms with Crippen LogP contribution in [0.2, 0.25) is 5.02 Å². The molecular weight excluding hydrogens is 444 g/mol. The molecule has 5 aromatic rings. The predicted octanol–water partition coefficient (Wildman–Crippen LogP) is 4.82. The second-order valence-electron chi connectivity index (χ2n) is 7.32.